The van der Waals surface area contributed by atoms with Crippen molar-refractivity contribution in [1.29, 1.82) is 0 Å². The fourth-order valence-electron chi connectivity index (χ4n) is 5.30. The van der Waals surface area contributed by atoms with Gasteiger partial charge in [-0.05, 0) is 78.5 Å². The molecule has 0 fully saturated rings. The molecule has 0 radical (unpaired) electrons. The van der Waals surface area contributed by atoms with Crippen LogP contribution in [-0.2, 0) is 20.8 Å². The summed E-state index contributed by atoms with van der Waals surface area (Å²) in [6.45, 7) is 9.24. The normalized spacial score (nSPS) is 14.0. The number of hydroxylamine groups is 1. The highest BCUT2D eigenvalue weighted by Crippen LogP contribution is 2.27. The number of primary amides is 1. The summed E-state index contributed by atoms with van der Waals surface area (Å²) in [4.78, 5) is 50.7. The molecule has 7 N–H and O–H groups in total. The monoisotopic (exact) mass is 616 g/mol. The van der Waals surface area contributed by atoms with Crippen molar-refractivity contribution in [1.82, 2.24) is 16.1 Å². The van der Waals surface area contributed by atoms with Gasteiger partial charge in [0.2, 0.25) is 17.7 Å². The van der Waals surface area contributed by atoms with Gasteiger partial charge in [-0.2, -0.15) is 0 Å². The number of carbonyl (C=O) groups excluding carboxylic acids is 4. The maximum absolute atomic E-state index is 13.6. The molecule has 0 aliphatic rings. The number of rotatable bonds is 13. The largest absolute Gasteiger partial charge is 0.382 e. The van der Waals surface area contributed by atoms with Crippen molar-refractivity contribution >= 4 is 23.6 Å². The highest BCUT2D eigenvalue weighted by molar-refractivity contribution is 5.94. The predicted octanol–water partition coefficient (Wildman–Crippen LogP) is 3.97. The maximum Gasteiger partial charge on any atom is 0.272 e. The number of aliphatic hydroxyl groups excluding tert-OH is 1. The Morgan fingerprint density at radius 3 is 2.16 bits per heavy atom. The van der Waals surface area contributed by atoms with E-state index in [1.165, 1.54) is 5.48 Å². The summed E-state index contributed by atoms with van der Waals surface area (Å²) in [5, 5.41) is 25.6. The van der Waals surface area contributed by atoms with Crippen LogP contribution in [0.1, 0.15) is 73.6 Å². The van der Waals surface area contributed by atoms with Gasteiger partial charge in [0.15, 0.2) is 0 Å². The van der Waals surface area contributed by atoms with Gasteiger partial charge in [-0.1, -0.05) is 81.4 Å². The molecule has 0 heterocycles. The van der Waals surface area contributed by atoms with Crippen LogP contribution in [0.15, 0.2) is 72.8 Å². The number of amides is 4. The molecule has 4 amide bonds. The van der Waals surface area contributed by atoms with E-state index in [0.717, 1.165) is 27.8 Å². The zero-order valence-corrected chi connectivity index (χ0v) is 26.5. The van der Waals surface area contributed by atoms with Crippen molar-refractivity contribution in [2.75, 3.05) is 0 Å². The zero-order chi connectivity index (χ0) is 33.3. The number of benzene rings is 3. The summed E-state index contributed by atoms with van der Waals surface area (Å²) in [6, 6.07) is 21.1. The molecule has 45 heavy (non-hydrogen) atoms. The molecule has 10 heteroatoms. The lowest BCUT2D eigenvalue weighted by molar-refractivity contribution is -0.147. The molecule has 0 aliphatic heterocycles. The fraction of sp³-hybridized carbons (Fsp3) is 0.371. The van der Waals surface area contributed by atoms with Gasteiger partial charge in [-0.15, -0.1) is 0 Å². The standard InChI is InChI=1S/C35H44N4O6/c1-21-19-23(17-18-27(21)25-14-10-15-26(20-25)31(36)41)11-9-16-28(29(40)33(43)39-45)32(42)38-30(35(3,4)5)34(44)37-22(2)24-12-7-6-8-13-24/h6-8,10,12-15,17-20,22,28-30,40,45H,9,11,16H2,1-5H3,(H2,36,41)(H,37,44)(H,38,42)(H,39,43)/t22-,28-,29+,30-/m1/s1. The minimum atomic E-state index is -1.83. The molecule has 3 aromatic carbocycles. The summed E-state index contributed by atoms with van der Waals surface area (Å²) in [5.41, 5.74) is 11.2. The molecule has 0 bridgehead atoms. The summed E-state index contributed by atoms with van der Waals surface area (Å²) >= 11 is 0. The van der Waals surface area contributed by atoms with Crippen LogP contribution in [0, 0.1) is 18.3 Å². The Morgan fingerprint density at radius 2 is 1.56 bits per heavy atom. The molecule has 0 aromatic heterocycles. The molecule has 4 atom stereocenters. The predicted molar refractivity (Wildman–Crippen MR) is 172 cm³/mol. The summed E-state index contributed by atoms with van der Waals surface area (Å²) in [6.07, 6.45) is -0.747. The van der Waals surface area contributed by atoms with Crippen molar-refractivity contribution < 1.29 is 29.5 Å². The maximum atomic E-state index is 13.6. The van der Waals surface area contributed by atoms with Crippen molar-refractivity contribution in [3.05, 3.63) is 95.1 Å². The van der Waals surface area contributed by atoms with Crippen LogP contribution in [0.5, 0.6) is 0 Å². The molecule has 0 saturated heterocycles. The minimum Gasteiger partial charge on any atom is -0.382 e. The second-order valence-electron chi connectivity index (χ2n) is 12.5. The quantitative estimate of drug-likeness (QED) is 0.125. The van der Waals surface area contributed by atoms with Gasteiger partial charge in [0.1, 0.15) is 12.1 Å². The highest BCUT2D eigenvalue weighted by atomic mass is 16.5. The third-order valence-electron chi connectivity index (χ3n) is 7.90. The minimum absolute atomic E-state index is 0.112. The molecule has 10 nitrogen and oxygen atoms in total. The molecule has 0 unspecified atom stereocenters. The van der Waals surface area contributed by atoms with Crippen LogP contribution < -0.4 is 21.8 Å². The topological polar surface area (TPSA) is 171 Å². The second kappa shape index (κ2) is 15.5. The first-order chi connectivity index (χ1) is 21.2. The first-order valence-electron chi connectivity index (χ1n) is 15.0. The third-order valence-corrected chi connectivity index (χ3v) is 7.90. The average molecular weight is 617 g/mol. The zero-order valence-electron chi connectivity index (χ0n) is 26.5. The van der Waals surface area contributed by atoms with E-state index in [-0.39, 0.29) is 12.5 Å². The van der Waals surface area contributed by atoms with Crippen molar-refractivity contribution in [3.63, 3.8) is 0 Å². The first kappa shape index (κ1) is 34.9. The summed E-state index contributed by atoms with van der Waals surface area (Å²) in [5.74, 6) is -3.90. The lowest BCUT2D eigenvalue weighted by Crippen LogP contribution is -2.56. The van der Waals surface area contributed by atoms with Crippen molar-refractivity contribution in [2.24, 2.45) is 17.1 Å². The van der Waals surface area contributed by atoms with Crippen LogP contribution in [0.4, 0.5) is 0 Å². The SMILES string of the molecule is Cc1cc(CCC[C@@H](C(=O)N[C@H](C(=O)N[C@H](C)c2ccccc2)C(C)(C)C)[C@H](O)C(=O)NO)ccc1-c1cccc(C(N)=O)c1. The van der Waals surface area contributed by atoms with Crippen LogP contribution in [0.25, 0.3) is 11.1 Å². The Balaban J connectivity index is 1.73. The smallest absolute Gasteiger partial charge is 0.272 e. The molecule has 0 spiro atoms. The van der Waals surface area contributed by atoms with Crippen LogP contribution in [0.2, 0.25) is 0 Å². The van der Waals surface area contributed by atoms with Gasteiger partial charge in [0, 0.05) is 5.56 Å². The lowest BCUT2D eigenvalue weighted by Gasteiger charge is -2.33. The summed E-state index contributed by atoms with van der Waals surface area (Å²) < 4.78 is 0. The average Bonchev–Trinajstić information content (AvgIpc) is 3.01. The number of aliphatic hydroxyl groups is 1. The third kappa shape index (κ3) is 9.47. The molecule has 0 aliphatic carbocycles. The van der Waals surface area contributed by atoms with Gasteiger partial charge < -0.3 is 21.5 Å². The number of nitrogens with one attached hydrogen (secondary N) is 3. The molecule has 3 aromatic rings. The van der Waals surface area contributed by atoms with Crippen LogP contribution in [-0.4, -0.2) is 46.1 Å². The Bertz CT molecular complexity index is 1500. The van der Waals surface area contributed by atoms with Crippen LogP contribution in [0.3, 0.4) is 0 Å². The molecular weight excluding hydrogens is 572 g/mol. The molecular formula is C35H44N4O6. The Hall–Kier alpha value is -4.54. The Labute approximate surface area is 264 Å². The van der Waals surface area contributed by atoms with Gasteiger partial charge in [-0.3, -0.25) is 24.4 Å². The van der Waals surface area contributed by atoms with Gasteiger partial charge in [-0.25, -0.2) is 5.48 Å². The Kier molecular flexibility index (Phi) is 12.0. The van der Waals surface area contributed by atoms with E-state index < -0.39 is 47.1 Å². The van der Waals surface area contributed by atoms with Crippen molar-refractivity contribution in [2.45, 2.75) is 72.1 Å². The second-order valence-corrected chi connectivity index (χ2v) is 12.5. The van der Waals surface area contributed by atoms with E-state index in [2.05, 4.69) is 10.6 Å². The van der Waals surface area contributed by atoms with Crippen molar-refractivity contribution in [3.8, 4) is 11.1 Å². The number of hydrogen-bond donors (Lipinski definition) is 6. The molecule has 240 valence electrons. The summed E-state index contributed by atoms with van der Waals surface area (Å²) in [7, 11) is 0. The van der Waals surface area contributed by atoms with E-state index in [1.807, 2.05) is 89.2 Å². The Morgan fingerprint density at radius 1 is 0.867 bits per heavy atom. The van der Waals surface area contributed by atoms with Gasteiger partial charge in [0.25, 0.3) is 5.91 Å². The van der Waals surface area contributed by atoms with E-state index in [9.17, 15) is 24.3 Å². The van der Waals surface area contributed by atoms with E-state index in [4.69, 9.17) is 10.9 Å². The molecule has 0 saturated carbocycles. The fourth-order valence-corrected chi connectivity index (χ4v) is 5.30. The van der Waals surface area contributed by atoms with E-state index in [1.54, 1.807) is 18.2 Å². The molecule has 3 rings (SSSR count). The number of carbonyl (C=O) groups is 4. The lowest BCUT2D eigenvalue weighted by atomic mass is 9.84. The van der Waals surface area contributed by atoms with Gasteiger partial charge >= 0.3 is 0 Å². The first-order valence-corrected chi connectivity index (χ1v) is 15.0. The van der Waals surface area contributed by atoms with Gasteiger partial charge in [0.05, 0.1) is 12.0 Å². The number of hydrogen-bond acceptors (Lipinski definition) is 6. The van der Waals surface area contributed by atoms with Crippen LogP contribution >= 0.6 is 0 Å². The van der Waals surface area contributed by atoms with E-state index >= 15 is 0 Å². The highest BCUT2D eigenvalue weighted by Gasteiger charge is 2.38. The number of nitrogens with two attached hydrogens (primary N) is 1. The number of aryl methyl sites for hydroxylation is 2. The van der Waals surface area contributed by atoms with E-state index in [0.29, 0.717) is 18.4 Å².